The van der Waals surface area contributed by atoms with Crippen molar-refractivity contribution in [1.82, 2.24) is 10.2 Å². The van der Waals surface area contributed by atoms with Crippen LogP contribution in [0.25, 0.3) is 0 Å². The molecule has 0 radical (unpaired) electrons. The summed E-state index contributed by atoms with van der Waals surface area (Å²) in [6.45, 7) is 15.3. The number of nitrogens with zero attached hydrogens (tertiary/aromatic N) is 1. The van der Waals surface area contributed by atoms with E-state index in [1.807, 2.05) is 64.1 Å². The van der Waals surface area contributed by atoms with Gasteiger partial charge in [-0.2, -0.15) is 0 Å². The first-order valence-corrected chi connectivity index (χ1v) is 14.1. The van der Waals surface area contributed by atoms with Gasteiger partial charge in [0.05, 0.1) is 10.7 Å². The molecule has 0 aliphatic rings. The maximum Gasteiger partial charge on any atom is 0.408 e. The zero-order valence-electron chi connectivity index (χ0n) is 24.6. The Bertz CT molecular complexity index is 1110. The molecule has 8 heteroatoms. The Morgan fingerprint density at radius 1 is 1.00 bits per heavy atom. The van der Waals surface area contributed by atoms with E-state index < -0.39 is 23.8 Å². The number of carbonyl (C=O) groups is 3. The molecule has 0 fully saturated rings. The highest BCUT2D eigenvalue weighted by atomic mass is 35.5. The average molecular weight is 558 g/mol. The van der Waals surface area contributed by atoms with Crippen LogP contribution in [-0.4, -0.2) is 41.0 Å². The predicted octanol–water partition coefficient (Wildman–Crippen LogP) is 7.20. The van der Waals surface area contributed by atoms with E-state index in [4.69, 9.17) is 16.3 Å². The number of hydrogen-bond donors (Lipinski definition) is 2. The molecule has 2 atom stereocenters. The van der Waals surface area contributed by atoms with Gasteiger partial charge in [-0.1, -0.05) is 87.2 Å². The third kappa shape index (κ3) is 9.57. The van der Waals surface area contributed by atoms with Gasteiger partial charge in [0.2, 0.25) is 5.91 Å². The maximum absolute atomic E-state index is 14.2. The van der Waals surface area contributed by atoms with Crippen LogP contribution < -0.4 is 10.6 Å². The number of alkyl carbamates (subject to hydrolysis) is 1. The molecule has 0 saturated heterocycles. The second-order valence-corrected chi connectivity index (χ2v) is 11.7. The van der Waals surface area contributed by atoms with E-state index in [-0.39, 0.29) is 17.7 Å². The lowest BCUT2D eigenvalue weighted by molar-refractivity contribution is -0.141. The van der Waals surface area contributed by atoms with Crippen molar-refractivity contribution in [3.63, 3.8) is 0 Å². The van der Waals surface area contributed by atoms with Crippen LogP contribution in [0.3, 0.4) is 0 Å². The van der Waals surface area contributed by atoms with E-state index in [0.717, 1.165) is 24.0 Å². The summed E-state index contributed by atoms with van der Waals surface area (Å²) in [4.78, 5) is 42.5. The largest absolute Gasteiger partial charge is 0.444 e. The number of halogens is 1. The van der Waals surface area contributed by atoms with Gasteiger partial charge in [0.15, 0.2) is 0 Å². The molecule has 0 aliphatic heterocycles. The number of para-hydroxylation sites is 1. The fraction of sp³-hybridized carbons (Fsp3) is 0.516. The second kappa shape index (κ2) is 14.4. The highest BCUT2D eigenvalue weighted by molar-refractivity contribution is 6.34. The topological polar surface area (TPSA) is 87.7 Å². The highest BCUT2D eigenvalue weighted by Crippen LogP contribution is 2.30. The summed E-state index contributed by atoms with van der Waals surface area (Å²) in [6, 6.07) is 11.2. The van der Waals surface area contributed by atoms with Crippen LogP contribution in [0.1, 0.15) is 83.5 Å². The Labute approximate surface area is 238 Å². The number of amides is 3. The van der Waals surface area contributed by atoms with Gasteiger partial charge in [-0.15, -0.1) is 0 Å². The standard InChI is InChI=1S/C31H44ClN3O4/c1-9-10-11-19-35(29(37)25(20(2)3)34-30(38)39-31(6,7)8)27(23-17-15-21(4)16-18-23)28(36)33-26-22(5)13-12-14-24(26)32/h12-18,20,25,27H,9-11,19H2,1-8H3,(H,33,36)(H,34,38). The smallest absolute Gasteiger partial charge is 0.408 e. The number of anilines is 1. The van der Waals surface area contributed by atoms with Crippen LogP contribution in [0, 0.1) is 19.8 Å². The fourth-order valence-electron chi connectivity index (χ4n) is 4.23. The van der Waals surface area contributed by atoms with E-state index in [2.05, 4.69) is 17.6 Å². The lowest BCUT2D eigenvalue weighted by atomic mass is 9.97. The van der Waals surface area contributed by atoms with Crippen molar-refractivity contribution in [3.8, 4) is 0 Å². The summed E-state index contributed by atoms with van der Waals surface area (Å²) >= 11 is 6.43. The lowest BCUT2D eigenvalue weighted by Gasteiger charge is -2.36. The number of carbonyl (C=O) groups excluding carboxylic acids is 3. The first kappa shape index (κ1) is 32.2. The molecular formula is C31H44ClN3O4. The van der Waals surface area contributed by atoms with Crippen LogP contribution in [0.2, 0.25) is 5.02 Å². The summed E-state index contributed by atoms with van der Waals surface area (Å²) in [7, 11) is 0. The first-order chi connectivity index (χ1) is 18.2. The Morgan fingerprint density at radius 3 is 2.18 bits per heavy atom. The number of hydrogen-bond acceptors (Lipinski definition) is 4. The minimum atomic E-state index is -0.938. The molecule has 214 valence electrons. The van der Waals surface area contributed by atoms with Gasteiger partial charge in [-0.05, 0) is 64.2 Å². The van der Waals surface area contributed by atoms with E-state index >= 15 is 0 Å². The van der Waals surface area contributed by atoms with E-state index in [1.54, 1.807) is 31.7 Å². The normalized spacial score (nSPS) is 13.0. The van der Waals surface area contributed by atoms with Crippen molar-refractivity contribution in [2.24, 2.45) is 5.92 Å². The molecule has 0 bridgehead atoms. The van der Waals surface area contributed by atoms with Gasteiger partial charge in [-0.3, -0.25) is 9.59 Å². The van der Waals surface area contributed by atoms with Crippen LogP contribution in [0.5, 0.6) is 0 Å². The molecule has 39 heavy (non-hydrogen) atoms. The molecule has 0 spiro atoms. The summed E-state index contributed by atoms with van der Waals surface area (Å²) in [6.07, 6.45) is 1.87. The predicted molar refractivity (Wildman–Crippen MR) is 158 cm³/mol. The quantitative estimate of drug-likeness (QED) is 0.286. The van der Waals surface area contributed by atoms with Crippen LogP contribution >= 0.6 is 11.6 Å². The van der Waals surface area contributed by atoms with Crippen LogP contribution in [-0.2, 0) is 14.3 Å². The molecular weight excluding hydrogens is 514 g/mol. The molecule has 0 aliphatic carbocycles. The lowest BCUT2D eigenvalue weighted by Crippen LogP contribution is -2.54. The summed E-state index contributed by atoms with van der Waals surface area (Å²) in [5.41, 5.74) is 2.32. The third-order valence-electron chi connectivity index (χ3n) is 6.31. The van der Waals surface area contributed by atoms with Crippen molar-refractivity contribution in [2.45, 2.75) is 92.3 Å². The van der Waals surface area contributed by atoms with Crippen molar-refractivity contribution in [2.75, 3.05) is 11.9 Å². The molecule has 2 aromatic carbocycles. The van der Waals surface area contributed by atoms with Gasteiger partial charge < -0.3 is 20.3 Å². The summed E-state index contributed by atoms with van der Waals surface area (Å²) < 4.78 is 5.44. The van der Waals surface area contributed by atoms with E-state index in [9.17, 15) is 14.4 Å². The molecule has 0 heterocycles. The number of ether oxygens (including phenoxy) is 1. The number of benzene rings is 2. The minimum Gasteiger partial charge on any atom is -0.444 e. The number of aryl methyl sites for hydroxylation is 2. The Balaban J connectivity index is 2.55. The van der Waals surface area contributed by atoms with Crippen LogP contribution in [0.4, 0.5) is 10.5 Å². The van der Waals surface area contributed by atoms with Gasteiger partial charge in [-0.25, -0.2) is 4.79 Å². The molecule has 2 aromatic rings. The second-order valence-electron chi connectivity index (χ2n) is 11.3. The average Bonchev–Trinajstić information content (AvgIpc) is 2.83. The molecule has 2 unspecified atom stereocenters. The Morgan fingerprint density at radius 2 is 1.64 bits per heavy atom. The van der Waals surface area contributed by atoms with E-state index in [1.165, 1.54) is 0 Å². The van der Waals surface area contributed by atoms with E-state index in [0.29, 0.717) is 29.2 Å². The Hall–Kier alpha value is -3.06. The zero-order valence-corrected chi connectivity index (χ0v) is 25.3. The number of nitrogens with one attached hydrogen (secondary N) is 2. The molecule has 3 amide bonds. The molecule has 0 aromatic heterocycles. The van der Waals surface area contributed by atoms with Crippen molar-refractivity contribution in [1.29, 1.82) is 0 Å². The monoisotopic (exact) mass is 557 g/mol. The zero-order chi connectivity index (χ0) is 29.3. The highest BCUT2D eigenvalue weighted by Gasteiger charge is 2.37. The van der Waals surface area contributed by atoms with Crippen molar-refractivity contribution < 1.29 is 19.1 Å². The molecule has 7 nitrogen and oxygen atoms in total. The third-order valence-corrected chi connectivity index (χ3v) is 6.63. The van der Waals surface area contributed by atoms with Crippen molar-refractivity contribution >= 4 is 35.2 Å². The van der Waals surface area contributed by atoms with Gasteiger partial charge in [0.1, 0.15) is 17.7 Å². The van der Waals surface area contributed by atoms with Gasteiger partial charge in [0.25, 0.3) is 5.91 Å². The first-order valence-electron chi connectivity index (χ1n) is 13.7. The molecule has 2 N–H and O–H groups in total. The van der Waals surface area contributed by atoms with Crippen molar-refractivity contribution in [3.05, 3.63) is 64.2 Å². The maximum atomic E-state index is 14.2. The SMILES string of the molecule is CCCCCN(C(=O)C(NC(=O)OC(C)(C)C)C(C)C)C(C(=O)Nc1c(C)cccc1Cl)c1ccc(C)cc1. The Kier molecular flexibility index (Phi) is 11.8. The fourth-order valence-corrected chi connectivity index (χ4v) is 4.50. The van der Waals surface area contributed by atoms with Gasteiger partial charge >= 0.3 is 6.09 Å². The molecule has 0 saturated carbocycles. The summed E-state index contributed by atoms with van der Waals surface area (Å²) in [5, 5.41) is 6.16. The molecule has 2 rings (SSSR count). The summed E-state index contributed by atoms with van der Waals surface area (Å²) in [5.74, 6) is -0.963. The number of rotatable bonds is 11. The number of unbranched alkanes of at least 4 members (excludes halogenated alkanes) is 2. The minimum absolute atomic E-state index is 0.244. The van der Waals surface area contributed by atoms with Gasteiger partial charge in [0, 0.05) is 6.54 Å². The van der Waals surface area contributed by atoms with Crippen LogP contribution in [0.15, 0.2) is 42.5 Å².